The fourth-order valence-corrected chi connectivity index (χ4v) is 10.6. The molecule has 432 valence electrons. The van der Waals surface area contributed by atoms with Gasteiger partial charge in [0.25, 0.3) is 11.8 Å². The second-order valence-electron chi connectivity index (χ2n) is 23.7. The molecular formula is C57H88N15O7+. The van der Waals surface area contributed by atoms with Crippen LogP contribution in [0.2, 0.25) is 0 Å². The molecule has 22 heteroatoms. The number of aromatic nitrogens is 9. The van der Waals surface area contributed by atoms with E-state index in [0.717, 1.165) is 125 Å². The van der Waals surface area contributed by atoms with Crippen LogP contribution >= 0.6 is 0 Å². The predicted octanol–water partition coefficient (Wildman–Crippen LogP) is 3.27. The Bertz CT molecular complexity index is 2610. The lowest BCUT2D eigenvalue weighted by Crippen LogP contribution is -2.63. The summed E-state index contributed by atoms with van der Waals surface area (Å²) >= 11 is 0. The number of anilines is 2. The highest BCUT2D eigenvalue weighted by molar-refractivity contribution is 6.01. The minimum absolute atomic E-state index is 0.00139. The van der Waals surface area contributed by atoms with Crippen LogP contribution in [0.3, 0.4) is 0 Å². The lowest BCUT2D eigenvalue weighted by Gasteiger charge is -2.61. The Hall–Kier alpha value is -6.17. The van der Waals surface area contributed by atoms with E-state index in [-0.39, 0.29) is 19.4 Å². The average Bonchev–Trinajstić information content (AvgIpc) is 4.38. The summed E-state index contributed by atoms with van der Waals surface area (Å²) in [6.07, 6.45) is 10.7. The van der Waals surface area contributed by atoms with E-state index in [2.05, 4.69) is 104 Å². The highest BCUT2D eigenvalue weighted by atomic mass is 16.7. The van der Waals surface area contributed by atoms with Gasteiger partial charge < -0.3 is 43.0 Å². The monoisotopic (exact) mass is 1090 g/mol. The van der Waals surface area contributed by atoms with Crippen molar-refractivity contribution in [2.45, 2.75) is 135 Å². The molecule has 1 saturated carbocycles. The van der Waals surface area contributed by atoms with Crippen molar-refractivity contribution in [3.05, 3.63) is 95.3 Å². The van der Waals surface area contributed by atoms with Crippen molar-refractivity contribution in [2.24, 2.45) is 0 Å². The summed E-state index contributed by atoms with van der Waals surface area (Å²) < 4.78 is 13.8. The van der Waals surface area contributed by atoms with Gasteiger partial charge in [-0.1, -0.05) is 79.9 Å². The SMILES string of the molecule is CCCC[N+](C)(C)Cc1cn(CCN(CCOCC(=O)ON2C(=O)CCC2=O)c2ccc(C3C([O-])C(c4ccc(N(CCn5cc(C[N+](C)(C)CCCC)nn5)CCn5cc(C[N+](C)(C)CCCC)nn5)cc4)C3[O-])cc2)nn1. The van der Waals surface area contributed by atoms with Crippen LogP contribution in [0.1, 0.15) is 112 Å². The van der Waals surface area contributed by atoms with Gasteiger partial charge in [0, 0.05) is 50.4 Å². The van der Waals surface area contributed by atoms with E-state index in [1.807, 2.05) is 81.2 Å². The second kappa shape index (κ2) is 27.8. The molecule has 1 saturated heterocycles. The molecule has 0 bridgehead atoms. The maximum absolute atomic E-state index is 14.1. The smallest absolute Gasteiger partial charge is 0.358 e. The number of carbonyl (C=O) groups is 3. The van der Waals surface area contributed by atoms with Crippen molar-refractivity contribution in [2.75, 3.05) is 111 Å². The molecule has 2 fully saturated rings. The molecule has 0 spiro atoms. The first-order chi connectivity index (χ1) is 37.8. The Morgan fingerprint density at radius 2 is 0.924 bits per heavy atom. The lowest BCUT2D eigenvalue weighted by molar-refractivity contribution is -0.904. The van der Waals surface area contributed by atoms with Crippen molar-refractivity contribution < 1.29 is 47.6 Å². The molecule has 2 atom stereocenters. The van der Waals surface area contributed by atoms with Crippen molar-refractivity contribution >= 4 is 29.2 Å². The molecule has 22 nitrogen and oxygen atoms in total. The maximum Gasteiger partial charge on any atom is 0.358 e. The average molecular weight is 1100 g/mol. The van der Waals surface area contributed by atoms with Crippen LogP contribution in [0, 0.1) is 0 Å². The first-order valence-corrected chi connectivity index (χ1v) is 28.5. The van der Waals surface area contributed by atoms with Gasteiger partial charge >= 0.3 is 5.97 Å². The van der Waals surface area contributed by atoms with Gasteiger partial charge in [-0.05, 0) is 66.5 Å². The number of rotatable bonds is 34. The predicted molar refractivity (Wildman–Crippen MR) is 295 cm³/mol. The number of hydrogen-bond donors (Lipinski definition) is 0. The van der Waals surface area contributed by atoms with Gasteiger partial charge in [0.2, 0.25) is 0 Å². The quantitative estimate of drug-likeness (QED) is 0.0328. The number of imide groups is 1. The summed E-state index contributed by atoms with van der Waals surface area (Å²) in [4.78, 5) is 45.7. The van der Waals surface area contributed by atoms with Crippen molar-refractivity contribution in [3.63, 3.8) is 0 Å². The van der Waals surface area contributed by atoms with Gasteiger partial charge in [-0.3, -0.25) is 23.6 Å². The fraction of sp³-hybridized carbons (Fsp3) is 0.632. The van der Waals surface area contributed by atoms with Crippen molar-refractivity contribution in [1.82, 2.24) is 50.0 Å². The fourth-order valence-electron chi connectivity index (χ4n) is 10.6. The zero-order valence-corrected chi connectivity index (χ0v) is 48.5. The van der Waals surface area contributed by atoms with Crippen LogP contribution < -0.4 is 20.0 Å². The standard InChI is InChI=1S/C57H88N15O7/c1-10-13-33-70(4,5)40-46-37-66(61-58-46)29-26-64(27-30-67-38-47(59-62-67)41-71(6,7)34-14-11-2)49-20-16-44(17-21-49)54-56(76)55(57(54)77)45-18-22-50(23-19-45)65(32-36-78-43-53(75)79-69-51(73)24-25-52(69)74)28-31-68-39-48(60-63-68)42-72(8,9)35-15-12-3/h16-23,37-39,54-57H,10-15,24-36,40-43H2,1-9H3/q+1. The highest BCUT2D eigenvalue weighted by Crippen LogP contribution is 2.46. The van der Waals surface area contributed by atoms with Crippen LogP contribution in [0.4, 0.5) is 11.4 Å². The number of quaternary nitrogens is 3. The van der Waals surface area contributed by atoms with Gasteiger partial charge in [-0.15, -0.1) is 32.6 Å². The molecule has 2 aliphatic rings. The van der Waals surface area contributed by atoms with Crippen molar-refractivity contribution in [3.8, 4) is 0 Å². The third-order valence-corrected chi connectivity index (χ3v) is 15.3. The lowest BCUT2D eigenvalue weighted by atomic mass is 9.63. The van der Waals surface area contributed by atoms with Crippen LogP contribution in [-0.4, -0.2) is 195 Å². The van der Waals surface area contributed by atoms with Gasteiger partial charge in [0.15, 0.2) is 0 Å². The van der Waals surface area contributed by atoms with Crippen LogP contribution in [0.25, 0.3) is 0 Å². The number of ether oxygens (including phenoxy) is 1. The molecule has 7 rings (SSSR count). The molecular weight excluding hydrogens is 1010 g/mol. The molecule has 5 aromatic rings. The van der Waals surface area contributed by atoms with E-state index < -0.39 is 48.4 Å². The third kappa shape index (κ3) is 17.4. The molecule has 0 N–H and O–H groups in total. The van der Waals surface area contributed by atoms with Gasteiger partial charge in [0.1, 0.15) is 43.3 Å². The zero-order chi connectivity index (χ0) is 56.7. The number of hydrogen-bond acceptors (Lipinski definition) is 15. The number of amides is 2. The molecule has 2 unspecified atom stereocenters. The third-order valence-electron chi connectivity index (χ3n) is 15.3. The molecule has 2 amide bonds. The van der Waals surface area contributed by atoms with Gasteiger partial charge in [-0.25, -0.2) is 4.79 Å². The van der Waals surface area contributed by atoms with E-state index in [0.29, 0.717) is 56.4 Å². The second-order valence-corrected chi connectivity index (χ2v) is 23.7. The summed E-state index contributed by atoms with van der Waals surface area (Å²) in [6.45, 7) is 15.7. The normalized spacial score (nSPS) is 17.9. The Morgan fingerprint density at radius 3 is 1.28 bits per heavy atom. The van der Waals surface area contributed by atoms with E-state index in [1.165, 1.54) is 0 Å². The van der Waals surface area contributed by atoms with Gasteiger partial charge in [-0.2, -0.15) is 0 Å². The molecule has 3 aromatic heterocycles. The molecule has 1 aliphatic carbocycles. The minimum atomic E-state index is -1.13. The Labute approximate surface area is 467 Å². The summed E-state index contributed by atoms with van der Waals surface area (Å²) in [7, 11) is 13.3. The molecule has 0 radical (unpaired) electrons. The summed E-state index contributed by atoms with van der Waals surface area (Å²) in [5, 5.41) is 55.6. The minimum Gasteiger partial charge on any atom is -0.851 e. The maximum atomic E-state index is 14.1. The number of benzene rings is 2. The first-order valence-electron chi connectivity index (χ1n) is 28.5. The zero-order valence-electron chi connectivity index (χ0n) is 48.5. The summed E-state index contributed by atoms with van der Waals surface area (Å²) in [6, 6.07) is 15.4. The molecule has 1 aliphatic heterocycles. The Morgan fingerprint density at radius 1 is 0.570 bits per heavy atom. The summed E-state index contributed by atoms with van der Waals surface area (Å²) in [5.41, 5.74) is 6.05. The Kier molecular flexibility index (Phi) is 21.3. The molecule has 4 heterocycles. The highest BCUT2D eigenvalue weighted by Gasteiger charge is 2.38. The number of unbranched alkanes of at least 4 members (excludes halogenated alkanes) is 3. The topological polar surface area (TPSA) is 218 Å². The summed E-state index contributed by atoms with van der Waals surface area (Å²) in [5.74, 6) is -3.37. The van der Waals surface area contributed by atoms with Crippen LogP contribution in [0.5, 0.6) is 0 Å². The number of hydroxylamine groups is 2. The van der Waals surface area contributed by atoms with Crippen molar-refractivity contribution in [1.29, 1.82) is 0 Å². The largest absolute Gasteiger partial charge is 0.851 e. The van der Waals surface area contributed by atoms with Gasteiger partial charge in [0.05, 0.1) is 107 Å². The van der Waals surface area contributed by atoms with Crippen LogP contribution in [-0.2, 0) is 63.2 Å². The van der Waals surface area contributed by atoms with E-state index >= 15 is 0 Å². The van der Waals surface area contributed by atoms with E-state index in [4.69, 9.17) is 9.57 Å². The van der Waals surface area contributed by atoms with E-state index in [1.54, 1.807) is 0 Å². The van der Waals surface area contributed by atoms with E-state index in [9.17, 15) is 24.6 Å². The molecule has 79 heavy (non-hydrogen) atoms. The Balaban J connectivity index is 0.998. The first kappa shape index (κ1) is 60.5. The number of carbonyl (C=O) groups excluding carboxylic acids is 3. The molecule has 2 aromatic carbocycles. The number of nitrogens with zero attached hydrogens (tertiary/aromatic N) is 15. The van der Waals surface area contributed by atoms with Crippen LogP contribution in [0.15, 0.2) is 67.1 Å².